The molecule has 0 spiro atoms. The number of pyridine rings is 2. The Morgan fingerprint density at radius 2 is 1.94 bits per heavy atom. The molecule has 5 heteroatoms. The van der Waals surface area contributed by atoms with Gasteiger partial charge in [-0.15, -0.1) is 0 Å². The van der Waals surface area contributed by atoms with E-state index in [0.717, 1.165) is 16.7 Å². The maximum atomic E-state index is 9.25. The Kier molecular flexibility index (Phi) is 3.74. The first-order valence-corrected chi connectivity index (χ1v) is 5.84. The number of aliphatic hydroxyl groups excluding tert-OH is 2. The van der Waals surface area contributed by atoms with Crippen molar-refractivity contribution >= 4 is 16.7 Å². The van der Waals surface area contributed by atoms with E-state index in [0.29, 0.717) is 6.54 Å². The molecule has 2 rings (SSSR count). The molecule has 0 aliphatic heterocycles. The van der Waals surface area contributed by atoms with Crippen LogP contribution in [0.3, 0.4) is 0 Å². The van der Waals surface area contributed by atoms with Crippen LogP contribution in [0.4, 0.5) is 5.69 Å². The molecule has 0 atom stereocenters. The molecule has 2 heterocycles. The van der Waals surface area contributed by atoms with Crippen molar-refractivity contribution < 1.29 is 10.2 Å². The summed E-state index contributed by atoms with van der Waals surface area (Å²) in [4.78, 5) is 8.51. The molecule has 0 saturated carbocycles. The number of nitrogens with one attached hydrogen (secondary N) is 1. The number of anilines is 1. The van der Waals surface area contributed by atoms with E-state index in [4.69, 9.17) is 0 Å². The quantitative estimate of drug-likeness (QED) is 0.735. The first kappa shape index (κ1) is 12.7. The average Bonchev–Trinajstić information content (AvgIpc) is 2.44. The van der Waals surface area contributed by atoms with Crippen LogP contribution in [0.5, 0.6) is 0 Å². The van der Waals surface area contributed by atoms with E-state index in [1.54, 1.807) is 12.4 Å². The summed E-state index contributed by atoms with van der Waals surface area (Å²) in [6, 6.07) is 5.57. The van der Waals surface area contributed by atoms with Crippen molar-refractivity contribution in [1.29, 1.82) is 0 Å². The maximum Gasteiger partial charge on any atom is 0.112 e. The number of hydrogen-bond donors (Lipinski definition) is 3. The minimum Gasteiger partial charge on any atom is -0.396 e. The van der Waals surface area contributed by atoms with E-state index >= 15 is 0 Å². The molecular weight excluding hydrogens is 230 g/mol. The van der Waals surface area contributed by atoms with Crippen LogP contribution >= 0.6 is 0 Å². The van der Waals surface area contributed by atoms with Gasteiger partial charge in [-0.1, -0.05) is 6.92 Å². The summed E-state index contributed by atoms with van der Waals surface area (Å²) in [5.74, 6) is 0. The lowest BCUT2D eigenvalue weighted by Gasteiger charge is -2.25. The second-order valence-corrected chi connectivity index (χ2v) is 4.71. The summed E-state index contributed by atoms with van der Waals surface area (Å²) in [7, 11) is 0. The van der Waals surface area contributed by atoms with Crippen LogP contribution in [0.1, 0.15) is 6.92 Å². The van der Waals surface area contributed by atoms with Crippen molar-refractivity contribution in [1.82, 2.24) is 9.97 Å². The maximum absolute atomic E-state index is 9.25. The molecule has 0 aliphatic rings. The molecule has 18 heavy (non-hydrogen) atoms. The molecule has 0 aromatic carbocycles. The van der Waals surface area contributed by atoms with Gasteiger partial charge in [0, 0.05) is 24.4 Å². The lowest BCUT2D eigenvalue weighted by Crippen LogP contribution is -2.34. The number of nitrogens with zero attached hydrogens (tertiary/aromatic N) is 2. The van der Waals surface area contributed by atoms with Gasteiger partial charge in [0.05, 0.1) is 24.4 Å². The van der Waals surface area contributed by atoms with Crippen molar-refractivity contribution in [3.8, 4) is 0 Å². The van der Waals surface area contributed by atoms with Crippen LogP contribution < -0.4 is 5.32 Å². The van der Waals surface area contributed by atoms with Crippen LogP contribution in [0.2, 0.25) is 0 Å². The van der Waals surface area contributed by atoms with Gasteiger partial charge in [-0.05, 0) is 18.2 Å². The minimum absolute atomic E-state index is 0.0764. The largest absolute Gasteiger partial charge is 0.396 e. The van der Waals surface area contributed by atoms with Crippen molar-refractivity contribution in [3.63, 3.8) is 0 Å². The van der Waals surface area contributed by atoms with Crippen molar-refractivity contribution in [3.05, 3.63) is 30.6 Å². The average molecular weight is 247 g/mol. The highest BCUT2D eigenvalue weighted by Gasteiger charge is 2.22. The predicted octanol–water partition coefficient (Wildman–Crippen LogP) is 1.03. The molecule has 96 valence electrons. The second-order valence-electron chi connectivity index (χ2n) is 4.71. The molecule has 2 aromatic heterocycles. The lowest BCUT2D eigenvalue weighted by atomic mass is 9.93. The number of aliphatic hydroxyl groups is 2. The highest BCUT2D eigenvalue weighted by molar-refractivity contribution is 5.86. The third kappa shape index (κ3) is 2.57. The highest BCUT2D eigenvalue weighted by Crippen LogP contribution is 2.21. The standard InChI is InChI=1S/C13H17N3O2/c1-13(8-17,9-18)7-16-11-4-6-14-10-3-2-5-15-12(10)11/h2-6,17-18H,7-9H2,1H3,(H,14,16). The number of rotatable bonds is 5. The molecule has 0 aliphatic carbocycles. The van der Waals surface area contributed by atoms with Gasteiger partial charge in [0.1, 0.15) is 5.52 Å². The molecule has 0 radical (unpaired) electrons. The zero-order chi connectivity index (χ0) is 13.0. The van der Waals surface area contributed by atoms with E-state index in [1.807, 2.05) is 25.1 Å². The van der Waals surface area contributed by atoms with Gasteiger partial charge in [-0.2, -0.15) is 0 Å². The summed E-state index contributed by atoms with van der Waals surface area (Å²) in [5.41, 5.74) is 1.91. The zero-order valence-corrected chi connectivity index (χ0v) is 10.3. The summed E-state index contributed by atoms with van der Waals surface area (Å²) in [6.45, 7) is 2.13. The fourth-order valence-electron chi connectivity index (χ4n) is 1.59. The topological polar surface area (TPSA) is 78.3 Å². The summed E-state index contributed by atoms with van der Waals surface area (Å²) in [6.07, 6.45) is 3.42. The molecular formula is C13H17N3O2. The summed E-state index contributed by atoms with van der Waals surface area (Å²) >= 11 is 0. The highest BCUT2D eigenvalue weighted by atomic mass is 16.3. The van der Waals surface area contributed by atoms with Gasteiger partial charge in [-0.25, -0.2) is 0 Å². The Morgan fingerprint density at radius 1 is 1.17 bits per heavy atom. The fraction of sp³-hybridized carbons (Fsp3) is 0.385. The van der Waals surface area contributed by atoms with Gasteiger partial charge in [0.2, 0.25) is 0 Å². The predicted molar refractivity (Wildman–Crippen MR) is 70.3 cm³/mol. The summed E-state index contributed by atoms with van der Waals surface area (Å²) < 4.78 is 0. The number of aromatic nitrogens is 2. The molecule has 0 bridgehead atoms. The van der Waals surface area contributed by atoms with Gasteiger partial charge >= 0.3 is 0 Å². The first-order valence-electron chi connectivity index (χ1n) is 5.84. The van der Waals surface area contributed by atoms with E-state index in [-0.39, 0.29) is 13.2 Å². The lowest BCUT2D eigenvalue weighted by molar-refractivity contribution is 0.0807. The summed E-state index contributed by atoms with van der Waals surface area (Å²) in [5, 5.41) is 21.7. The first-order chi connectivity index (χ1) is 8.68. The van der Waals surface area contributed by atoms with Crippen LogP contribution in [0, 0.1) is 5.41 Å². The van der Waals surface area contributed by atoms with Gasteiger partial charge in [-0.3, -0.25) is 9.97 Å². The Balaban J connectivity index is 2.22. The van der Waals surface area contributed by atoms with E-state index in [2.05, 4.69) is 15.3 Å². The minimum atomic E-state index is -0.551. The van der Waals surface area contributed by atoms with E-state index in [9.17, 15) is 10.2 Å². The molecule has 0 fully saturated rings. The fourth-order valence-corrected chi connectivity index (χ4v) is 1.59. The van der Waals surface area contributed by atoms with Crippen LogP contribution in [0.25, 0.3) is 11.0 Å². The van der Waals surface area contributed by atoms with Gasteiger partial charge < -0.3 is 15.5 Å². The Bertz CT molecular complexity index is 521. The number of hydrogen-bond acceptors (Lipinski definition) is 5. The SMILES string of the molecule is CC(CO)(CO)CNc1ccnc2cccnc12. The third-order valence-electron chi connectivity index (χ3n) is 2.97. The zero-order valence-electron chi connectivity index (χ0n) is 10.3. The molecule has 0 amide bonds. The molecule has 0 unspecified atom stereocenters. The normalized spacial score (nSPS) is 11.7. The van der Waals surface area contributed by atoms with E-state index in [1.165, 1.54) is 0 Å². The van der Waals surface area contributed by atoms with Crippen LogP contribution in [0.15, 0.2) is 30.6 Å². The third-order valence-corrected chi connectivity index (χ3v) is 2.97. The molecule has 2 aromatic rings. The second kappa shape index (κ2) is 5.29. The Morgan fingerprint density at radius 3 is 2.67 bits per heavy atom. The Labute approximate surface area is 106 Å². The Hall–Kier alpha value is -1.72. The molecule has 5 nitrogen and oxygen atoms in total. The van der Waals surface area contributed by atoms with Gasteiger partial charge in [0.15, 0.2) is 0 Å². The van der Waals surface area contributed by atoms with Crippen molar-refractivity contribution in [2.24, 2.45) is 5.41 Å². The van der Waals surface area contributed by atoms with Crippen molar-refractivity contribution in [2.75, 3.05) is 25.1 Å². The molecule has 0 saturated heterocycles. The van der Waals surface area contributed by atoms with Gasteiger partial charge in [0.25, 0.3) is 0 Å². The smallest absolute Gasteiger partial charge is 0.112 e. The van der Waals surface area contributed by atoms with E-state index < -0.39 is 5.41 Å². The number of fused-ring (bicyclic) bond motifs is 1. The molecule has 3 N–H and O–H groups in total. The monoisotopic (exact) mass is 247 g/mol. The van der Waals surface area contributed by atoms with Crippen molar-refractivity contribution in [2.45, 2.75) is 6.92 Å². The van der Waals surface area contributed by atoms with Crippen LogP contribution in [-0.4, -0.2) is 39.9 Å². The van der Waals surface area contributed by atoms with Crippen LogP contribution in [-0.2, 0) is 0 Å².